The highest BCUT2D eigenvalue weighted by Gasteiger charge is 2.34. The number of hydrogen-bond donors (Lipinski definition) is 0. The summed E-state index contributed by atoms with van der Waals surface area (Å²) in [5.41, 5.74) is 4.27. The molecule has 0 spiro atoms. The van der Waals surface area contributed by atoms with Gasteiger partial charge >= 0.3 is 0 Å². The first-order chi connectivity index (χ1) is 16.3. The van der Waals surface area contributed by atoms with Crippen molar-refractivity contribution in [2.24, 2.45) is 0 Å². The average molecular weight is 446 g/mol. The molecule has 3 aromatic carbocycles. The topological polar surface area (TPSA) is 52.2 Å². The minimum Gasteiger partial charge on any atom is -0.454 e. The van der Waals surface area contributed by atoms with Crippen LogP contribution in [0, 0.1) is 0 Å². The van der Waals surface area contributed by atoms with E-state index in [0.717, 1.165) is 38.9 Å². The molecular formula is C30H23NO3. The summed E-state index contributed by atoms with van der Waals surface area (Å²) in [5, 5.41) is 1.90. The van der Waals surface area contributed by atoms with Gasteiger partial charge in [0.15, 0.2) is 17.1 Å². The molecule has 5 aromatic rings. The van der Waals surface area contributed by atoms with E-state index in [1.807, 2.05) is 78.9 Å². The molecule has 2 heterocycles. The van der Waals surface area contributed by atoms with Crippen LogP contribution in [-0.4, -0.2) is 16.1 Å². The van der Waals surface area contributed by atoms with Crippen molar-refractivity contribution < 1.29 is 14.0 Å². The first kappa shape index (κ1) is 20.4. The Bertz CT molecular complexity index is 1600. The summed E-state index contributed by atoms with van der Waals surface area (Å²) in [7, 11) is 0. The quantitative estimate of drug-likeness (QED) is 0.212. The Kier molecular flexibility index (Phi) is 4.30. The van der Waals surface area contributed by atoms with Gasteiger partial charge in [0, 0.05) is 40.1 Å². The fraction of sp³-hybridized carbons (Fsp3) is 0.133. The van der Waals surface area contributed by atoms with E-state index in [-0.39, 0.29) is 22.7 Å². The lowest BCUT2D eigenvalue weighted by molar-refractivity contribution is 0.0990. The second-order valence-corrected chi connectivity index (χ2v) is 9.76. The van der Waals surface area contributed by atoms with Crippen LogP contribution in [-0.2, 0) is 5.54 Å². The Morgan fingerprint density at radius 2 is 1.35 bits per heavy atom. The van der Waals surface area contributed by atoms with Gasteiger partial charge in [-0.25, -0.2) is 0 Å². The van der Waals surface area contributed by atoms with Crippen molar-refractivity contribution >= 4 is 39.5 Å². The summed E-state index contributed by atoms with van der Waals surface area (Å²) < 4.78 is 8.31. The Balaban J connectivity index is 1.50. The molecule has 6 rings (SSSR count). The number of allylic oxidation sites excluding steroid dienone is 1. The summed E-state index contributed by atoms with van der Waals surface area (Å²) in [5.74, 6) is 0.331. The minimum absolute atomic E-state index is 0.194. The number of nitrogens with zero attached hydrogens (tertiary/aromatic N) is 1. The van der Waals surface area contributed by atoms with Gasteiger partial charge in [-0.05, 0) is 49.8 Å². The number of ketones is 2. The second-order valence-electron chi connectivity index (χ2n) is 9.76. The normalized spacial score (nSPS) is 13.8. The molecule has 1 aliphatic carbocycles. The number of hydrogen-bond acceptors (Lipinski definition) is 3. The number of carbonyl (C=O) groups excluding carboxylic acids is 2. The lowest BCUT2D eigenvalue weighted by Crippen LogP contribution is -2.22. The van der Waals surface area contributed by atoms with Gasteiger partial charge < -0.3 is 8.98 Å². The Hall–Kier alpha value is -4.18. The lowest BCUT2D eigenvalue weighted by atomic mass is 10.0. The fourth-order valence-electron chi connectivity index (χ4n) is 4.90. The monoisotopic (exact) mass is 445 g/mol. The van der Waals surface area contributed by atoms with Gasteiger partial charge in [-0.15, -0.1) is 0 Å². The van der Waals surface area contributed by atoms with Crippen molar-refractivity contribution in [1.29, 1.82) is 0 Å². The van der Waals surface area contributed by atoms with Crippen molar-refractivity contribution in [3.05, 3.63) is 101 Å². The van der Waals surface area contributed by atoms with Crippen LogP contribution in [0.5, 0.6) is 0 Å². The van der Waals surface area contributed by atoms with E-state index in [9.17, 15) is 9.59 Å². The van der Waals surface area contributed by atoms with E-state index in [4.69, 9.17) is 4.42 Å². The third-order valence-corrected chi connectivity index (χ3v) is 6.40. The molecule has 166 valence electrons. The second kappa shape index (κ2) is 7.16. The van der Waals surface area contributed by atoms with E-state index in [0.29, 0.717) is 11.1 Å². The molecule has 4 nitrogen and oxygen atoms in total. The van der Waals surface area contributed by atoms with Gasteiger partial charge in [0.25, 0.3) is 0 Å². The molecule has 0 amide bonds. The number of furan rings is 1. The molecule has 0 N–H and O–H groups in total. The lowest BCUT2D eigenvalue weighted by Gasteiger charge is -2.24. The Morgan fingerprint density at radius 3 is 1.94 bits per heavy atom. The van der Waals surface area contributed by atoms with Crippen molar-refractivity contribution in [2.45, 2.75) is 26.3 Å². The maximum atomic E-state index is 13.3. The van der Waals surface area contributed by atoms with Crippen molar-refractivity contribution in [3.63, 3.8) is 0 Å². The van der Waals surface area contributed by atoms with Gasteiger partial charge in [0.1, 0.15) is 5.76 Å². The summed E-state index contributed by atoms with van der Waals surface area (Å²) in [4.78, 5) is 26.6. The van der Waals surface area contributed by atoms with Gasteiger partial charge in [-0.2, -0.15) is 0 Å². The molecule has 2 aromatic heterocycles. The molecule has 0 bridgehead atoms. The predicted octanol–water partition coefficient (Wildman–Crippen LogP) is 7.27. The smallest absolute Gasteiger partial charge is 0.197 e. The van der Waals surface area contributed by atoms with Crippen LogP contribution in [0.1, 0.15) is 47.2 Å². The number of fused-ring (bicyclic) bond motifs is 3. The van der Waals surface area contributed by atoms with Crippen molar-refractivity contribution in [2.75, 3.05) is 0 Å². The molecule has 0 radical (unpaired) electrons. The highest BCUT2D eigenvalue weighted by molar-refractivity contribution is 6.42. The molecular weight excluding hydrogens is 422 g/mol. The van der Waals surface area contributed by atoms with E-state index in [2.05, 4.69) is 25.3 Å². The van der Waals surface area contributed by atoms with Gasteiger partial charge in [-0.3, -0.25) is 9.59 Å². The maximum absolute atomic E-state index is 13.3. The molecule has 4 heteroatoms. The van der Waals surface area contributed by atoms with Gasteiger partial charge in [0.2, 0.25) is 0 Å². The SMILES string of the molecule is CC(C)(C)n1c(C=C2C(=O)c3cc4ccccc4cc3C2=O)cc2oc(-c3ccccc3)cc21. The first-order valence-electron chi connectivity index (χ1n) is 11.4. The molecule has 0 unspecified atom stereocenters. The summed E-state index contributed by atoms with van der Waals surface area (Å²) in [6.45, 7) is 6.30. The maximum Gasteiger partial charge on any atom is 0.197 e. The summed E-state index contributed by atoms with van der Waals surface area (Å²) >= 11 is 0. The molecule has 34 heavy (non-hydrogen) atoms. The third kappa shape index (κ3) is 3.06. The number of Topliss-reactive ketones (excluding diaryl/α,β-unsaturated/α-hetero) is 2. The minimum atomic E-state index is -0.293. The zero-order valence-corrected chi connectivity index (χ0v) is 19.3. The zero-order valence-electron chi connectivity index (χ0n) is 19.3. The van der Waals surface area contributed by atoms with Crippen LogP contribution in [0.2, 0.25) is 0 Å². The number of aromatic nitrogens is 1. The number of rotatable bonds is 2. The van der Waals surface area contributed by atoms with E-state index >= 15 is 0 Å². The highest BCUT2D eigenvalue weighted by atomic mass is 16.3. The molecule has 0 fully saturated rings. The van der Waals surface area contributed by atoms with E-state index in [1.54, 1.807) is 6.08 Å². The average Bonchev–Trinajstić information content (AvgIpc) is 3.44. The Labute approximate surface area is 197 Å². The fourth-order valence-corrected chi connectivity index (χ4v) is 4.90. The first-order valence-corrected chi connectivity index (χ1v) is 11.4. The van der Waals surface area contributed by atoms with Crippen LogP contribution < -0.4 is 0 Å². The van der Waals surface area contributed by atoms with Crippen molar-refractivity contribution in [3.8, 4) is 11.3 Å². The van der Waals surface area contributed by atoms with Crippen molar-refractivity contribution in [1.82, 2.24) is 4.57 Å². The summed E-state index contributed by atoms with van der Waals surface area (Å²) in [6.07, 6.45) is 1.72. The van der Waals surface area contributed by atoms with Crippen LogP contribution in [0.4, 0.5) is 0 Å². The van der Waals surface area contributed by atoms with Crippen LogP contribution in [0.25, 0.3) is 39.3 Å². The van der Waals surface area contributed by atoms with Crippen LogP contribution in [0.15, 0.2) is 88.9 Å². The third-order valence-electron chi connectivity index (χ3n) is 6.40. The summed E-state index contributed by atoms with van der Waals surface area (Å²) in [6, 6.07) is 25.3. The molecule has 0 aliphatic heterocycles. The Morgan fingerprint density at radius 1 is 0.765 bits per heavy atom. The van der Waals surface area contributed by atoms with Crippen LogP contribution in [0.3, 0.4) is 0 Å². The highest BCUT2D eigenvalue weighted by Crippen LogP contribution is 2.37. The largest absolute Gasteiger partial charge is 0.454 e. The van der Waals surface area contributed by atoms with Crippen LogP contribution >= 0.6 is 0 Å². The number of benzene rings is 3. The van der Waals surface area contributed by atoms with Gasteiger partial charge in [0.05, 0.1) is 11.1 Å². The molecule has 0 saturated heterocycles. The molecule has 0 saturated carbocycles. The van der Waals surface area contributed by atoms with Gasteiger partial charge in [-0.1, -0.05) is 54.6 Å². The standard InChI is InChI=1S/C30H23NO3/c1-30(2,3)31-21(16-27-25(31)17-26(34-27)18-9-5-4-6-10-18)15-24-28(32)22-13-19-11-7-8-12-20(19)14-23(22)29(24)33/h4-17H,1-3H3. The predicted molar refractivity (Wildman–Crippen MR) is 135 cm³/mol. The zero-order chi connectivity index (χ0) is 23.6. The number of carbonyl (C=O) groups is 2. The van der Waals surface area contributed by atoms with E-state index < -0.39 is 0 Å². The molecule has 1 aliphatic rings. The molecule has 0 atom stereocenters. The van der Waals surface area contributed by atoms with E-state index in [1.165, 1.54) is 0 Å².